The van der Waals surface area contributed by atoms with Gasteiger partial charge in [-0.25, -0.2) is 4.79 Å². The van der Waals surface area contributed by atoms with Gasteiger partial charge in [0, 0.05) is 73.8 Å². The van der Waals surface area contributed by atoms with Crippen LogP contribution < -0.4 is 0 Å². The number of fused-ring (bicyclic) bond motifs is 6. The summed E-state index contributed by atoms with van der Waals surface area (Å²) in [5.74, 6) is -4.91. The minimum atomic E-state index is -1.62. The van der Waals surface area contributed by atoms with Gasteiger partial charge >= 0.3 is 23.9 Å². The van der Waals surface area contributed by atoms with Crippen LogP contribution in [0.15, 0.2) is 42.0 Å². The van der Waals surface area contributed by atoms with Gasteiger partial charge in [-0.1, -0.05) is 36.4 Å². The number of ether oxygens (including phenoxy) is 4. The molecule has 6 aliphatic heterocycles. The zero-order valence-corrected chi connectivity index (χ0v) is 33.5. The third kappa shape index (κ3) is 6.68. The highest BCUT2D eigenvalue weighted by Crippen LogP contribution is 2.63. The lowest BCUT2D eigenvalue weighted by atomic mass is 9.45. The highest BCUT2D eigenvalue weighted by Gasteiger charge is 2.72. The quantitative estimate of drug-likeness (QED) is 0.215. The zero-order valence-electron chi connectivity index (χ0n) is 33.5. The lowest BCUT2D eigenvalue weighted by Gasteiger charge is -2.55. The predicted molar refractivity (Wildman–Crippen MR) is 203 cm³/mol. The van der Waals surface area contributed by atoms with Gasteiger partial charge in [-0.05, 0) is 73.2 Å². The second kappa shape index (κ2) is 15.1. The summed E-state index contributed by atoms with van der Waals surface area (Å²) in [6.07, 6.45) is 3.94. The van der Waals surface area contributed by atoms with Crippen molar-refractivity contribution < 1.29 is 48.3 Å². The van der Waals surface area contributed by atoms with E-state index in [0.29, 0.717) is 63.4 Å². The van der Waals surface area contributed by atoms with Crippen LogP contribution in [0.1, 0.15) is 90.0 Å². The standard InChI is InChI=1S/C43H59N3O10/c1-7-22(2)39(49)54-34-18-26-15-29(21-32(34)46(26)6)53-40(50)37-36(23-11-9-8-10-12-23)38(41(51)55-33-16-24-13-27(47)19-30(33)44(24)4)43(37,3)42(52)56-35-17-25-14-28(48)20-31(35)45(25)5/h7-12,24-38,47-48H,13-21H2,1-6H3. The molecule has 16 unspecified atom stereocenters. The van der Waals surface area contributed by atoms with Crippen molar-refractivity contribution in [3.63, 3.8) is 0 Å². The SMILES string of the molecule is CC=C(C)C(=O)OC1CC2CC(OC(=O)C3C(c4ccccc4)C(C(=O)OC4CC5CC(O)CC4N5C)C3(C)C(=O)OC3CC4CC(O)CC3N4C)CC1N2C. The first kappa shape index (κ1) is 39.5. The summed E-state index contributed by atoms with van der Waals surface area (Å²) < 4.78 is 25.1. The Labute approximate surface area is 329 Å². The molecule has 13 nitrogen and oxygen atoms in total. The van der Waals surface area contributed by atoms with Crippen molar-refractivity contribution in [1.82, 2.24) is 14.7 Å². The topological polar surface area (TPSA) is 155 Å². The van der Waals surface area contributed by atoms with Crippen LogP contribution >= 0.6 is 0 Å². The minimum absolute atomic E-state index is 0.0391. The Kier molecular flexibility index (Phi) is 10.6. The van der Waals surface area contributed by atoms with E-state index in [1.807, 2.05) is 51.5 Å². The molecule has 6 bridgehead atoms. The van der Waals surface area contributed by atoms with E-state index in [2.05, 4.69) is 14.7 Å². The van der Waals surface area contributed by atoms with E-state index in [1.165, 1.54) is 0 Å². The van der Waals surface area contributed by atoms with Crippen molar-refractivity contribution in [2.45, 2.75) is 157 Å². The Morgan fingerprint density at radius 2 is 1.14 bits per heavy atom. The van der Waals surface area contributed by atoms with Crippen LogP contribution in [0.3, 0.4) is 0 Å². The Hall–Kier alpha value is -3.36. The Balaban J connectivity index is 1.08. The van der Waals surface area contributed by atoms with E-state index in [0.717, 1.165) is 5.56 Å². The molecule has 13 heteroatoms. The van der Waals surface area contributed by atoms with E-state index < -0.39 is 71.6 Å². The van der Waals surface area contributed by atoms with Gasteiger partial charge in [-0.2, -0.15) is 0 Å². The summed E-state index contributed by atoms with van der Waals surface area (Å²) in [6.45, 7) is 5.19. The largest absolute Gasteiger partial charge is 0.462 e. The van der Waals surface area contributed by atoms with Crippen LogP contribution in [0.25, 0.3) is 0 Å². The lowest BCUT2D eigenvalue weighted by Crippen LogP contribution is -2.65. The normalized spacial score (nSPS) is 43.5. The fourth-order valence-electron chi connectivity index (χ4n) is 11.8. The van der Waals surface area contributed by atoms with Crippen LogP contribution in [-0.2, 0) is 38.1 Å². The Morgan fingerprint density at radius 1 is 0.661 bits per heavy atom. The van der Waals surface area contributed by atoms with E-state index in [4.69, 9.17) is 18.9 Å². The second-order valence-corrected chi connectivity index (χ2v) is 18.2. The maximum absolute atomic E-state index is 14.9. The first-order valence-electron chi connectivity index (χ1n) is 20.7. The van der Waals surface area contributed by atoms with E-state index in [1.54, 1.807) is 26.8 Å². The zero-order chi connectivity index (χ0) is 39.8. The molecule has 0 aromatic heterocycles. The number of likely N-dealkylation sites (N-methyl/N-ethyl adjacent to an activating group) is 3. The van der Waals surface area contributed by atoms with Crippen molar-refractivity contribution in [3.05, 3.63) is 47.5 Å². The number of allylic oxidation sites excluding steroid dienone is 1. The summed E-state index contributed by atoms with van der Waals surface area (Å²) >= 11 is 0. The second-order valence-electron chi connectivity index (χ2n) is 18.2. The van der Waals surface area contributed by atoms with Crippen molar-refractivity contribution in [1.29, 1.82) is 0 Å². The van der Waals surface area contributed by atoms with E-state index in [-0.39, 0.29) is 48.3 Å². The molecule has 16 atom stereocenters. The summed E-state index contributed by atoms with van der Waals surface area (Å²) in [6, 6.07) is 9.06. The summed E-state index contributed by atoms with van der Waals surface area (Å²) in [5.41, 5.74) is -0.347. The highest BCUT2D eigenvalue weighted by atomic mass is 16.6. The molecule has 0 spiro atoms. The van der Waals surface area contributed by atoms with Gasteiger partial charge < -0.3 is 29.2 Å². The Morgan fingerprint density at radius 3 is 1.70 bits per heavy atom. The van der Waals surface area contributed by atoms with Gasteiger partial charge in [0.05, 0.1) is 35.5 Å². The van der Waals surface area contributed by atoms with Crippen molar-refractivity contribution in [3.8, 4) is 0 Å². The number of carbonyl (C=O) groups excluding carboxylic acids is 4. The van der Waals surface area contributed by atoms with Crippen LogP contribution in [0, 0.1) is 17.3 Å². The number of rotatable bonds is 9. The van der Waals surface area contributed by atoms with Crippen LogP contribution in [0.4, 0.5) is 0 Å². The van der Waals surface area contributed by atoms with Gasteiger partial charge in [0.25, 0.3) is 0 Å². The van der Waals surface area contributed by atoms with Gasteiger partial charge in [0.15, 0.2) is 0 Å². The number of carbonyl (C=O) groups is 4. The number of hydrogen-bond acceptors (Lipinski definition) is 13. The molecule has 6 saturated heterocycles. The molecule has 56 heavy (non-hydrogen) atoms. The molecule has 7 aliphatic rings. The number of benzene rings is 1. The first-order valence-corrected chi connectivity index (χ1v) is 20.7. The number of esters is 4. The van der Waals surface area contributed by atoms with Gasteiger partial charge in [-0.3, -0.25) is 29.1 Å². The van der Waals surface area contributed by atoms with Crippen LogP contribution in [-0.4, -0.2) is 143 Å². The lowest BCUT2D eigenvalue weighted by molar-refractivity contribution is -0.210. The van der Waals surface area contributed by atoms with E-state index in [9.17, 15) is 29.4 Å². The van der Waals surface area contributed by atoms with Gasteiger partial charge in [-0.15, -0.1) is 0 Å². The highest BCUT2D eigenvalue weighted by molar-refractivity contribution is 5.96. The molecule has 8 rings (SSSR count). The fourth-order valence-corrected chi connectivity index (χ4v) is 11.8. The van der Waals surface area contributed by atoms with Crippen molar-refractivity contribution >= 4 is 23.9 Å². The minimum Gasteiger partial charge on any atom is -0.462 e. The molecule has 306 valence electrons. The molecule has 0 radical (unpaired) electrons. The summed E-state index contributed by atoms with van der Waals surface area (Å²) in [7, 11) is 5.99. The smallest absolute Gasteiger partial charge is 0.333 e. The molecule has 1 saturated carbocycles. The Bertz CT molecular complexity index is 1720. The summed E-state index contributed by atoms with van der Waals surface area (Å²) in [5, 5.41) is 21.1. The van der Waals surface area contributed by atoms with Crippen molar-refractivity contribution in [2.24, 2.45) is 17.3 Å². The molecular weight excluding hydrogens is 718 g/mol. The van der Waals surface area contributed by atoms with E-state index >= 15 is 0 Å². The molecule has 2 N–H and O–H groups in total. The molecule has 1 aromatic rings. The molecular formula is C43H59N3O10. The van der Waals surface area contributed by atoms with Crippen LogP contribution in [0.2, 0.25) is 0 Å². The summed E-state index contributed by atoms with van der Waals surface area (Å²) in [4.78, 5) is 63.6. The van der Waals surface area contributed by atoms with Crippen LogP contribution in [0.5, 0.6) is 0 Å². The molecule has 1 aromatic carbocycles. The predicted octanol–water partition coefficient (Wildman–Crippen LogP) is 2.96. The maximum atomic E-state index is 14.9. The molecule has 6 heterocycles. The number of hydrogen-bond donors (Lipinski definition) is 2. The molecule has 0 amide bonds. The number of piperidine rings is 3. The first-order chi connectivity index (χ1) is 26.7. The van der Waals surface area contributed by atoms with Gasteiger partial charge in [0.2, 0.25) is 0 Å². The average molecular weight is 778 g/mol. The molecule has 1 aliphatic carbocycles. The third-order valence-corrected chi connectivity index (χ3v) is 15.2. The number of aliphatic hydroxyl groups is 2. The molecule has 7 fully saturated rings. The fraction of sp³-hybridized carbons (Fsp3) is 0.721. The monoisotopic (exact) mass is 777 g/mol. The van der Waals surface area contributed by atoms with Crippen molar-refractivity contribution in [2.75, 3.05) is 21.1 Å². The average Bonchev–Trinajstić information content (AvgIpc) is 3.50. The maximum Gasteiger partial charge on any atom is 0.333 e. The number of nitrogens with zero attached hydrogens (tertiary/aromatic N) is 3. The number of aliphatic hydroxyl groups excluding tert-OH is 2. The third-order valence-electron chi connectivity index (χ3n) is 15.2. The van der Waals surface area contributed by atoms with Gasteiger partial charge in [0.1, 0.15) is 24.4 Å².